The van der Waals surface area contributed by atoms with Crippen molar-refractivity contribution in [2.45, 2.75) is 6.61 Å². The second kappa shape index (κ2) is 8.43. The molecule has 0 bridgehead atoms. The molecule has 0 aromatic heterocycles. The van der Waals surface area contributed by atoms with Crippen LogP contribution in [0.3, 0.4) is 0 Å². The highest BCUT2D eigenvalue weighted by atomic mass is 16.6. The standard InChI is InChI=1S/C20H17N3O3/c24-23(25)19-10-5-9-18(13-19)22-21-14-17-8-4-11-20(12-17)26-15-16-6-2-1-3-7-16/h1-14,22H,15H2. The Hall–Kier alpha value is -3.67. The zero-order chi connectivity index (χ0) is 18.2. The molecule has 26 heavy (non-hydrogen) atoms. The Balaban J connectivity index is 1.60. The highest BCUT2D eigenvalue weighted by Crippen LogP contribution is 2.17. The third kappa shape index (κ3) is 4.91. The Morgan fingerprint density at radius 3 is 2.62 bits per heavy atom. The second-order valence-corrected chi connectivity index (χ2v) is 5.52. The molecule has 0 saturated carbocycles. The van der Waals surface area contributed by atoms with E-state index >= 15 is 0 Å². The van der Waals surface area contributed by atoms with Crippen LogP contribution >= 0.6 is 0 Å². The lowest BCUT2D eigenvalue weighted by Crippen LogP contribution is -1.96. The minimum absolute atomic E-state index is 0.0153. The van der Waals surface area contributed by atoms with Crippen molar-refractivity contribution in [3.8, 4) is 5.75 Å². The summed E-state index contributed by atoms with van der Waals surface area (Å²) in [6.07, 6.45) is 1.63. The van der Waals surface area contributed by atoms with E-state index in [2.05, 4.69) is 10.5 Å². The predicted octanol–water partition coefficient (Wildman–Crippen LogP) is 4.62. The minimum Gasteiger partial charge on any atom is -0.489 e. The summed E-state index contributed by atoms with van der Waals surface area (Å²) in [6.45, 7) is 0.493. The molecule has 0 radical (unpaired) electrons. The fourth-order valence-corrected chi connectivity index (χ4v) is 2.30. The molecule has 0 saturated heterocycles. The Kier molecular flexibility index (Phi) is 5.57. The molecule has 0 aliphatic carbocycles. The van der Waals surface area contributed by atoms with Crippen LogP contribution < -0.4 is 10.2 Å². The number of benzene rings is 3. The van der Waals surface area contributed by atoms with Crippen LogP contribution in [0.15, 0.2) is 84.0 Å². The highest BCUT2D eigenvalue weighted by molar-refractivity contribution is 5.80. The molecule has 0 amide bonds. The maximum atomic E-state index is 10.8. The number of non-ortho nitro benzene ring substituents is 1. The maximum Gasteiger partial charge on any atom is 0.271 e. The zero-order valence-corrected chi connectivity index (χ0v) is 13.9. The number of hydrazone groups is 1. The van der Waals surface area contributed by atoms with Gasteiger partial charge in [0.2, 0.25) is 0 Å². The molecule has 0 aliphatic rings. The van der Waals surface area contributed by atoms with Crippen LogP contribution in [0.4, 0.5) is 11.4 Å². The number of ether oxygens (including phenoxy) is 1. The number of nitrogens with zero attached hydrogens (tertiary/aromatic N) is 2. The van der Waals surface area contributed by atoms with Crippen molar-refractivity contribution in [3.05, 3.63) is 100 Å². The number of nitrogens with one attached hydrogen (secondary N) is 1. The van der Waals surface area contributed by atoms with E-state index in [1.165, 1.54) is 12.1 Å². The first-order chi connectivity index (χ1) is 12.7. The second-order valence-electron chi connectivity index (χ2n) is 5.52. The van der Waals surface area contributed by atoms with Crippen molar-refractivity contribution in [1.29, 1.82) is 0 Å². The van der Waals surface area contributed by atoms with Crippen LogP contribution in [0.2, 0.25) is 0 Å². The first-order valence-corrected chi connectivity index (χ1v) is 8.01. The lowest BCUT2D eigenvalue weighted by atomic mass is 10.2. The summed E-state index contributed by atoms with van der Waals surface area (Å²) in [4.78, 5) is 10.3. The van der Waals surface area contributed by atoms with Crippen molar-refractivity contribution in [3.63, 3.8) is 0 Å². The van der Waals surface area contributed by atoms with Gasteiger partial charge in [-0.05, 0) is 29.3 Å². The van der Waals surface area contributed by atoms with Crippen LogP contribution in [0, 0.1) is 10.1 Å². The molecule has 0 fully saturated rings. The van der Waals surface area contributed by atoms with Crippen LogP contribution in [0.25, 0.3) is 0 Å². The van der Waals surface area contributed by atoms with Gasteiger partial charge >= 0.3 is 0 Å². The average Bonchev–Trinajstić information content (AvgIpc) is 2.68. The van der Waals surface area contributed by atoms with Crippen LogP contribution in [-0.4, -0.2) is 11.1 Å². The van der Waals surface area contributed by atoms with Gasteiger partial charge in [0.1, 0.15) is 12.4 Å². The molecule has 3 aromatic rings. The average molecular weight is 347 g/mol. The fourth-order valence-electron chi connectivity index (χ4n) is 2.30. The third-order valence-electron chi connectivity index (χ3n) is 3.57. The Bertz CT molecular complexity index is 911. The molecular weight excluding hydrogens is 330 g/mol. The molecule has 3 aromatic carbocycles. The summed E-state index contributed by atoms with van der Waals surface area (Å²) >= 11 is 0. The molecule has 6 nitrogen and oxygen atoms in total. The van der Waals surface area contributed by atoms with E-state index in [4.69, 9.17) is 4.74 Å². The van der Waals surface area contributed by atoms with Crippen LogP contribution in [0.5, 0.6) is 5.75 Å². The van der Waals surface area contributed by atoms with E-state index in [0.29, 0.717) is 12.3 Å². The number of rotatable bonds is 7. The van der Waals surface area contributed by atoms with E-state index in [1.54, 1.807) is 18.3 Å². The van der Waals surface area contributed by atoms with E-state index in [1.807, 2.05) is 54.6 Å². The number of anilines is 1. The van der Waals surface area contributed by atoms with E-state index in [-0.39, 0.29) is 5.69 Å². The molecule has 0 atom stereocenters. The van der Waals surface area contributed by atoms with E-state index in [0.717, 1.165) is 16.9 Å². The maximum absolute atomic E-state index is 10.8. The molecule has 6 heteroatoms. The van der Waals surface area contributed by atoms with Gasteiger partial charge in [0.05, 0.1) is 16.8 Å². The van der Waals surface area contributed by atoms with Gasteiger partial charge in [0.15, 0.2) is 0 Å². The fraction of sp³-hybridized carbons (Fsp3) is 0.0500. The molecule has 0 heterocycles. The predicted molar refractivity (Wildman–Crippen MR) is 102 cm³/mol. The topological polar surface area (TPSA) is 76.8 Å². The Morgan fingerprint density at radius 2 is 1.81 bits per heavy atom. The molecule has 0 unspecified atom stereocenters. The third-order valence-corrected chi connectivity index (χ3v) is 3.57. The van der Waals surface area contributed by atoms with Gasteiger partial charge in [-0.3, -0.25) is 15.5 Å². The molecule has 3 rings (SSSR count). The first-order valence-electron chi connectivity index (χ1n) is 8.01. The van der Waals surface area contributed by atoms with Crippen LogP contribution in [0.1, 0.15) is 11.1 Å². The van der Waals surface area contributed by atoms with Gasteiger partial charge in [0.25, 0.3) is 5.69 Å². The summed E-state index contributed by atoms with van der Waals surface area (Å²) in [5.74, 6) is 0.744. The molecule has 130 valence electrons. The summed E-state index contributed by atoms with van der Waals surface area (Å²) in [6, 6.07) is 23.6. The normalized spacial score (nSPS) is 10.6. The monoisotopic (exact) mass is 347 g/mol. The summed E-state index contributed by atoms with van der Waals surface area (Å²) in [7, 11) is 0. The van der Waals surface area contributed by atoms with E-state index < -0.39 is 4.92 Å². The number of hydrogen-bond acceptors (Lipinski definition) is 5. The lowest BCUT2D eigenvalue weighted by molar-refractivity contribution is -0.384. The Morgan fingerprint density at radius 1 is 1.00 bits per heavy atom. The summed E-state index contributed by atoms with van der Waals surface area (Å²) in [5.41, 5.74) is 5.30. The van der Waals surface area contributed by atoms with Crippen molar-refractivity contribution in [1.82, 2.24) is 0 Å². The van der Waals surface area contributed by atoms with Crippen molar-refractivity contribution >= 4 is 17.6 Å². The Labute approximate surface area is 150 Å². The van der Waals surface area contributed by atoms with E-state index in [9.17, 15) is 10.1 Å². The van der Waals surface area contributed by atoms with Gasteiger partial charge in [-0.25, -0.2) is 0 Å². The van der Waals surface area contributed by atoms with Gasteiger partial charge in [0, 0.05) is 12.1 Å². The van der Waals surface area contributed by atoms with Crippen LogP contribution in [-0.2, 0) is 6.61 Å². The van der Waals surface area contributed by atoms with Gasteiger partial charge in [-0.1, -0.05) is 48.5 Å². The largest absolute Gasteiger partial charge is 0.489 e. The van der Waals surface area contributed by atoms with Gasteiger partial charge < -0.3 is 4.74 Å². The van der Waals surface area contributed by atoms with Gasteiger partial charge in [-0.15, -0.1) is 0 Å². The SMILES string of the molecule is O=[N+]([O-])c1cccc(NN=Cc2cccc(OCc3ccccc3)c2)c1. The lowest BCUT2D eigenvalue weighted by Gasteiger charge is -2.06. The highest BCUT2D eigenvalue weighted by Gasteiger charge is 2.04. The molecule has 1 N–H and O–H groups in total. The smallest absolute Gasteiger partial charge is 0.271 e. The number of nitro benzene ring substituents is 1. The number of nitro groups is 1. The van der Waals surface area contributed by atoms with Crippen molar-refractivity contribution < 1.29 is 9.66 Å². The first kappa shape index (κ1) is 17.2. The summed E-state index contributed by atoms with van der Waals surface area (Å²) < 4.78 is 5.78. The van der Waals surface area contributed by atoms with Crippen molar-refractivity contribution in [2.24, 2.45) is 5.10 Å². The zero-order valence-electron chi connectivity index (χ0n) is 13.9. The molecule has 0 aliphatic heterocycles. The van der Waals surface area contributed by atoms with Crippen molar-refractivity contribution in [2.75, 3.05) is 5.43 Å². The summed E-state index contributed by atoms with van der Waals surface area (Å²) in [5, 5.41) is 14.9. The number of hydrogen-bond donors (Lipinski definition) is 1. The minimum atomic E-state index is -0.442. The quantitative estimate of drug-likeness (QED) is 0.384. The molecular formula is C20H17N3O3. The van der Waals surface area contributed by atoms with Gasteiger partial charge in [-0.2, -0.15) is 5.10 Å². The molecule has 0 spiro atoms.